The van der Waals surface area contributed by atoms with Crippen LogP contribution in [0.1, 0.15) is 37.0 Å². The van der Waals surface area contributed by atoms with Gasteiger partial charge in [0.15, 0.2) is 11.5 Å². The number of fused-ring (bicyclic) bond motifs is 1. The number of rotatable bonds is 10. The van der Waals surface area contributed by atoms with Gasteiger partial charge in [-0.1, -0.05) is 12.1 Å². The van der Waals surface area contributed by atoms with Gasteiger partial charge >= 0.3 is 0 Å². The van der Waals surface area contributed by atoms with E-state index in [1.807, 2.05) is 20.8 Å². The molecule has 0 fully saturated rings. The van der Waals surface area contributed by atoms with Crippen molar-refractivity contribution in [1.29, 1.82) is 0 Å². The van der Waals surface area contributed by atoms with E-state index in [1.54, 1.807) is 42.5 Å². The number of hydrogen-bond donors (Lipinski definition) is 2. The maximum absolute atomic E-state index is 12.7. The average molecular weight is 453 g/mol. The average Bonchev–Trinajstić information content (AvgIpc) is 2.82. The van der Waals surface area contributed by atoms with Gasteiger partial charge in [0.25, 0.3) is 11.5 Å². The molecule has 0 radical (unpaired) electrons. The van der Waals surface area contributed by atoms with Gasteiger partial charge in [-0.2, -0.15) is 0 Å². The predicted molar refractivity (Wildman–Crippen MR) is 125 cm³/mol. The molecule has 0 aliphatic heterocycles. The summed E-state index contributed by atoms with van der Waals surface area (Å²) in [4.78, 5) is 46.3. The zero-order chi connectivity index (χ0) is 23.8. The molecule has 9 heteroatoms. The molecule has 174 valence electrons. The number of H-pyrrole nitrogens is 1. The van der Waals surface area contributed by atoms with Crippen LogP contribution in [0.2, 0.25) is 0 Å². The molecule has 0 spiro atoms. The Morgan fingerprint density at radius 3 is 2.48 bits per heavy atom. The highest BCUT2D eigenvalue weighted by molar-refractivity contribution is 5.97. The summed E-state index contributed by atoms with van der Waals surface area (Å²) in [7, 11) is 0. The fraction of sp³-hybridized carbons (Fsp3) is 0.333. The van der Waals surface area contributed by atoms with Crippen LogP contribution in [-0.2, 0) is 11.3 Å². The second-order valence-corrected chi connectivity index (χ2v) is 7.15. The molecule has 0 atom stereocenters. The van der Waals surface area contributed by atoms with Gasteiger partial charge in [0.05, 0.1) is 37.2 Å². The third-order valence-electron chi connectivity index (χ3n) is 4.94. The first-order valence-corrected chi connectivity index (χ1v) is 10.9. The number of amides is 2. The molecular formula is C24H28N4O5. The number of carbonyl (C=O) groups excluding carboxylic acids is 2. The van der Waals surface area contributed by atoms with Crippen LogP contribution in [-0.4, -0.2) is 53.0 Å². The highest BCUT2D eigenvalue weighted by Crippen LogP contribution is 2.28. The zero-order valence-corrected chi connectivity index (χ0v) is 19.0. The van der Waals surface area contributed by atoms with Crippen molar-refractivity contribution in [1.82, 2.24) is 20.2 Å². The molecule has 1 heterocycles. The Kier molecular flexibility index (Phi) is 8.01. The summed E-state index contributed by atoms with van der Waals surface area (Å²) in [5.74, 6) is 0.715. The SMILES string of the molecule is CCOc1ccc(C(=O)NCC(=O)N(CC)Cc2nc3ccccc3c(=O)[nH]2)cc1OCC. The smallest absolute Gasteiger partial charge is 0.258 e. The fourth-order valence-electron chi connectivity index (χ4n) is 3.33. The van der Waals surface area contributed by atoms with Gasteiger partial charge in [0.2, 0.25) is 5.91 Å². The minimum absolute atomic E-state index is 0.128. The second kappa shape index (κ2) is 11.1. The van der Waals surface area contributed by atoms with Crippen LogP contribution in [0.15, 0.2) is 47.3 Å². The quantitative estimate of drug-likeness (QED) is 0.489. The molecule has 9 nitrogen and oxygen atoms in total. The Hall–Kier alpha value is -3.88. The van der Waals surface area contributed by atoms with Crippen molar-refractivity contribution in [3.63, 3.8) is 0 Å². The molecule has 3 rings (SSSR count). The molecule has 2 N–H and O–H groups in total. The molecule has 33 heavy (non-hydrogen) atoms. The molecule has 1 aromatic heterocycles. The Labute approximate surface area is 191 Å². The minimum atomic E-state index is -0.402. The van der Waals surface area contributed by atoms with Crippen LogP contribution in [0.5, 0.6) is 11.5 Å². The number of ether oxygens (including phenoxy) is 2. The van der Waals surface area contributed by atoms with E-state index in [-0.39, 0.29) is 24.6 Å². The Morgan fingerprint density at radius 2 is 1.76 bits per heavy atom. The van der Waals surface area contributed by atoms with Gasteiger partial charge in [-0.15, -0.1) is 0 Å². The summed E-state index contributed by atoms with van der Waals surface area (Å²) in [6, 6.07) is 11.9. The largest absolute Gasteiger partial charge is 0.490 e. The van der Waals surface area contributed by atoms with Crippen molar-refractivity contribution in [3.8, 4) is 11.5 Å². The molecule has 2 aromatic carbocycles. The number of carbonyl (C=O) groups is 2. The lowest BCUT2D eigenvalue weighted by Crippen LogP contribution is -2.40. The molecule has 2 amide bonds. The number of aromatic nitrogens is 2. The summed E-state index contributed by atoms with van der Waals surface area (Å²) in [6.07, 6.45) is 0. The molecule has 0 bridgehead atoms. The first-order chi connectivity index (χ1) is 16.0. The van der Waals surface area contributed by atoms with Crippen molar-refractivity contribution in [3.05, 3.63) is 64.2 Å². The lowest BCUT2D eigenvalue weighted by Gasteiger charge is -2.20. The fourth-order valence-corrected chi connectivity index (χ4v) is 3.33. The number of benzene rings is 2. The minimum Gasteiger partial charge on any atom is -0.490 e. The van der Waals surface area contributed by atoms with E-state index >= 15 is 0 Å². The van der Waals surface area contributed by atoms with Crippen LogP contribution in [0.3, 0.4) is 0 Å². The lowest BCUT2D eigenvalue weighted by molar-refractivity contribution is -0.130. The summed E-state index contributed by atoms with van der Waals surface area (Å²) < 4.78 is 11.1. The molecule has 0 aliphatic rings. The van der Waals surface area contributed by atoms with Crippen LogP contribution >= 0.6 is 0 Å². The van der Waals surface area contributed by atoms with Gasteiger partial charge in [0.1, 0.15) is 5.82 Å². The first-order valence-electron chi connectivity index (χ1n) is 10.9. The van der Waals surface area contributed by atoms with E-state index in [4.69, 9.17) is 9.47 Å². The van der Waals surface area contributed by atoms with Gasteiger partial charge in [-0.05, 0) is 51.1 Å². The highest BCUT2D eigenvalue weighted by atomic mass is 16.5. The summed E-state index contributed by atoms with van der Waals surface area (Å²) >= 11 is 0. The summed E-state index contributed by atoms with van der Waals surface area (Å²) in [5.41, 5.74) is 0.667. The molecule has 0 saturated heterocycles. The number of aromatic amines is 1. The summed E-state index contributed by atoms with van der Waals surface area (Å²) in [5, 5.41) is 3.13. The van der Waals surface area contributed by atoms with Gasteiger partial charge in [0, 0.05) is 12.1 Å². The molecule has 0 aliphatic carbocycles. The Bertz CT molecular complexity index is 1190. The van der Waals surface area contributed by atoms with Crippen molar-refractivity contribution in [2.75, 3.05) is 26.3 Å². The zero-order valence-electron chi connectivity index (χ0n) is 19.0. The molecule has 3 aromatic rings. The van der Waals surface area contributed by atoms with Gasteiger partial charge < -0.3 is 24.7 Å². The van der Waals surface area contributed by atoms with Crippen LogP contribution < -0.4 is 20.3 Å². The number of likely N-dealkylation sites (N-methyl/N-ethyl adjacent to an activating group) is 1. The highest BCUT2D eigenvalue weighted by Gasteiger charge is 2.17. The van der Waals surface area contributed by atoms with E-state index in [0.29, 0.717) is 53.5 Å². The molecule has 0 saturated carbocycles. The second-order valence-electron chi connectivity index (χ2n) is 7.15. The Morgan fingerprint density at radius 1 is 1.03 bits per heavy atom. The van der Waals surface area contributed by atoms with Crippen molar-refractivity contribution < 1.29 is 19.1 Å². The van der Waals surface area contributed by atoms with Gasteiger partial charge in [-0.25, -0.2) is 4.98 Å². The van der Waals surface area contributed by atoms with E-state index in [2.05, 4.69) is 15.3 Å². The van der Waals surface area contributed by atoms with Crippen molar-refractivity contribution >= 4 is 22.7 Å². The van der Waals surface area contributed by atoms with E-state index in [0.717, 1.165) is 0 Å². The Balaban J connectivity index is 1.66. The third kappa shape index (κ3) is 5.88. The maximum Gasteiger partial charge on any atom is 0.258 e. The van der Waals surface area contributed by atoms with Crippen molar-refractivity contribution in [2.45, 2.75) is 27.3 Å². The van der Waals surface area contributed by atoms with E-state index in [9.17, 15) is 14.4 Å². The monoisotopic (exact) mass is 452 g/mol. The number of nitrogens with zero attached hydrogens (tertiary/aromatic N) is 2. The molecule has 0 unspecified atom stereocenters. The molecular weight excluding hydrogens is 424 g/mol. The van der Waals surface area contributed by atoms with E-state index < -0.39 is 5.91 Å². The standard InChI is InChI=1S/C24H28N4O5/c1-4-28(15-21-26-18-10-8-7-9-17(18)24(31)27-21)22(29)14-25-23(30)16-11-12-19(32-5-2)20(13-16)33-6-3/h7-13H,4-6,14-15H2,1-3H3,(H,25,30)(H,26,27,31). The van der Waals surface area contributed by atoms with Crippen LogP contribution in [0, 0.1) is 0 Å². The van der Waals surface area contributed by atoms with E-state index in [1.165, 1.54) is 4.90 Å². The van der Waals surface area contributed by atoms with Crippen molar-refractivity contribution in [2.24, 2.45) is 0 Å². The topological polar surface area (TPSA) is 114 Å². The van der Waals surface area contributed by atoms with Gasteiger partial charge in [-0.3, -0.25) is 14.4 Å². The normalized spacial score (nSPS) is 10.6. The number of hydrogen-bond acceptors (Lipinski definition) is 6. The van der Waals surface area contributed by atoms with Crippen LogP contribution in [0.25, 0.3) is 10.9 Å². The lowest BCUT2D eigenvalue weighted by atomic mass is 10.2. The predicted octanol–water partition coefficient (Wildman–Crippen LogP) is 2.50. The van der Waals surface area contributed by atoms with Crippen LogP contribution in [0.4, 0.5) is 0 Å². The number of nitrogens with one attached hydrogen (secondary N) is 2. The number of para-hydroxylation sites is 1. The summed E-state index contributed by atoms with van der Waals surface area (Å²) in [6.45, 7) is 6.76. The third-order valence-corrected chi connectivity index (χ3v) is 4.94. The maximum atomic E-state index is 12.7. The first kappa shape index (κ1) is 23.8.